The first kappa shape index (κ1) is 18.2. The van der Waals surface area contributed by atoms with E-state index in [1.54, 1.807) is 7.05 Å². The second-order valence-electron chi connectivity index (χ2n) is 5.62. The largest absolute Gasteiger partial charge is 0.355 e. The Labute approximate surface area is 144 Å². The van der Waals surface area contributed by atoms with Gasteiger partial charge in [0.1, 0.15) is 0 Å². The number of halogens is 1. The third-order valence-electron chi connectivity index (χ3n) is 3.89. The molecule has 0 amide bonds. The molecule has 1 fully saturated rings. The summed E-state index contributed by atoms with van der Waals surface area (Å²) in [5.74, 6) is 1.69. The highest BCUT2D eigenvalue weighted by Gasteiger charge is 2.32. The third kappa shape index (κ3) is 5.46. The van der Waals surface area contributed by atoms with Crippen LogP contribution in [0.25, 0.3) is 0 Å². The predicted octanol–water partition coefficient (Wildman–Crippen LogP) is 1.04. The van der Waals surface area contributed by atoms with E-state index in [1.165, 1.54) is 12.8 Å². The summed E-state index contributed by atoms with van der Waals surface area (Å²) in [7, 11) is 8.05. The molecule has 0 aromatic carbocycles. The van der Waals surface area contributed by atoms with Crippen molar-refractivity contribution in [2.45, 2.75) is 25.4 Å². The van der Waals surface area contributed by atoms with E-state index < -0.39 is 0 Å². The molecule has 21 heavy (non-hydrogen) atoms. The van der Waals surface area contributed by atoms with Crippen LogP contribution in [0.2, 0.25) is 0 Å². The lowest BCUT2D eigenvalue weighted by molar-refractivity contribution is 0.264. The minimum absolute atomic E-state index is 0. The summed E-state index contributed by atoms with van der Waals surface area (Å²) in [4.78, 5) is 6.58. The zero-order chi connectivity index (χ0) is 14.5. The van der Waals surface area contributed by atoms with Gasteiger partial charge in [0.15, 0.2) is 5.96 Å². The van der Waals surface area contributed by atoms with Crippen LogP contribution in [0.4, 0.5) is 0 Å². The number of aliphatic imine (C=N–C) groups is 1. The summed E-state index contributed by atoms with van der Waals surface area (Å²) in [5, 5.41) is 10.9. The molecule has 6 nitrogen and oxygen atoms in total. The quantitative estimate of drug-likeness (QED) is 0.421. The van der Waals surface area contributed by atoms with Crippen molar-refractivity contribution in [3.63, 3.8) is 0 Å². The Morgan fingerprint density at radius 2 is 2.19 bits per heavy atom. The molecule has 0 bridgehead atoms. The maximum absolute atomic E-state index is 4.27. The lowest BCUT2D eigenvalue weighted by Crippen LogP contribution is -2.45. The Kier molecular flexibility index (Phi) is 7.44. The molecule has 1 saturated carbocycles. The van der Waals surface area contributed by atoms with Gasteiger partial charge in [-0.3, -0.25) is 9.67 Å². The van der Waals surface area contributed by atoms with Crippen LogP contribution in [0.5, 0.6) is 0 Å². The molecular formula is C14H27IN6. The number of nitrogens with one attached hydrogen (secondary N) is 2. The molecule has 1 aromatic heterocycles. The van der Waals surface area contributed by atoms with Crippen LogP contribution < -0.4 is 10.6 Å². The number of hydrogen-bond donors (Lipinski definition) is 2. The van der Waals surface area contributed by atoms with Crippen LogP contribution in [-0.2, 0) is 13.6 Å². The average Bonchev–Trinajstić information content (AvgIpc) is 3.16. The zero-order valence-electron chi connectivity index (χ0n) is 13.3. The maximum atomic E-state index is 4.27. The van der Waals surface area contributed by atoms with Gasteiger partial charge < -0.3 is 15.5 Å². The van der Waals surface area contributed by atoms with Crippen molar-refractivity contribution < 1.29 is 0 Å². The summed E-state index contributed by atoms with van der Waals surface area (Å²) >= 11 is 0. The van der Waals surface area contributed by atoms with Gasteiger partial charge in [-0.1, -0.05) is 0 Å². The summed E-state index contributed by atoms with van der Waals surface area (Å²) in [5.41, 5.74) is 1.14. The van der Waals surface area contributed by atoms with Crippen LogP contribution in [0.1, 0.15) is 18.5 Å². The SMILES string of the molecule is CN=C(NCc1ccnn1C)NCC(C1CC1)N(C)C.I. The fourth-order valence-corrected chi connectivity index (χ4v) is 2.42. The number of nitrogens with zero attached hydrogens (tertiary/aromatic N) is 4. The number of hydrogen-bond acceptors (Lipinski definition) is 3. The van der Waals surface area contributed by atoms with Crippen molar-refractivity contribution in [2.75, 3.05) is 27.7 Å². The lowest BCUT2D eigenvalue weighted by Gasteiger charge is -2.25. The zero-order valence-corrected chi connectivity index (χ0v) is 15.7. The number of aromatic nitrogens is 2. The first-order valence-corrected chi connectivity index (χ1v) is 7.19. The van der Waals surface area contributed by atoms with Gasteiger partial charge in [-0.2, -0.15) is 5.10 Å². The van der Waals surface area contributed by atoms with Crippen LogP contribution in [0.3, 0.4) is 0 Å². The topological polar surface area (TPSA) is 57.5 Å². The van der Waals surface area contributed by atoms with Gasteiger partial charge in [-0.05, 0) is 38.9 Å². The minimum atomic E-state index is 0. The van der Waals surface area contributed by atoms with Gasteiger partial charge in [-0.15, -0.1) is 24.0 Å². The summed E-state index contributed by atoms with van der Waals surface area (Å²) in [6.45, 7) is 1.66. The Balaban J connectivity index is 0.00000220. The van der Waals surface area contributed by atoms with E-state index in [4.69, 9.17) is 0 Å². The molecule has 7 heteroatoms. The molecular weight excluding hydrogens is 379 g/mol. The van der Waals surface area contributed by atoms with Crippen LogP contribution >= 0.6 is 24.0 Å². The van der Waals surface area contributed by atoms with Crippen molar-refractivity contribution in [2.24, 2.45) is 18.0 Å². The van der Waals surface area contributed by atoms with Crippen molar-refractivity contribution in [1.82, 2.24) is 25.3 Å². The molecule has 120 valence electrons. The molecule has 0 saturated heterocycles. The van der Waals surface area contributed by atoms with Crippen LogP contribution in [0, 0.1) is 5.92 Å². The fourth-order valence-electron chi connectivity index (χ4n) is 2.42. The highest BCUT2D eigenvalue weighted by molar-refractivity contribution is 14.0. The second-order valence-corrected chi connectivity index (χ2v) is 5.62. The van der Waals surface area contributed by atoms with Crippen molar-refractivity contribution in [1.29, 1.82) is 0 Å². The smallest absolute Gasteiger partial charge is 0.191 e. The van der Waals surface area contributed by atoms with E-state index in [1.807, 2.05) is 24.0 Å². The Morgan fingerprint density at radius 3 is 2.67 bits per heavy atom. The standard InChI is InChI=1S/C14H26N6.HI/c1-15-14(16-9-12-7-8-18-20(12)4)17-10-13(19(2)3)11-5-6-11;/h7-8,11,13H,5-6,9-10H2,1-4H3,(H2,15,16,17);1H. The monoisotopic (exact) mass is 406 g/mol. The number of likely N-dealkylation sites (N-methyl/N-ethyl adjacent to an activating group) is 1. The van der Waals surface area contributed by atoms with Crippen molar-refractivity contribution in [3.8, 4) is 0 Å². The van der Waals surface area contributed by atoms with E-state index in [-0.39, 0.29) is 24.0 Å². The predicted molar refractivity (Wildman–Crippen MR) is 97.0 cm³/mol. The lowest BCUT2D eigenvalue weighted by atomic mass is 10.1. The normalized spacial score (nSPS) is 16.5. The van der Waals surface area contributed by atoms with Crippen LogP contribution in [-0.4, -0.2) is 54.4 Å². The number of guanidine groups is 1. The van der Waals surface area contributed by atoms with Gasteiger partial charge >= 0.3 is 0 Å². The molecule has 1 aliphatic rings. The van der Waals surface area contributed by atoms with Crippen molar-refractivity contribution >= 4 is 29.9 Å². The Bertz CT molecular complexity index is 450. The molecule has 1 atom stereocenters. The molecule has 1 aromatic rings. The minimum Gasteiger partial charge on any atom is -0.355 e. The van der Waals surface area contributed by atoms with Crippen LogP contribution in [0.15, 0.2) is 17.3 Å². The molecule has 0 aliphatic heterocycles. The first-order valence-electron chi connectivity index (χ1n) is 7.19. The Hall–Kier alpha value is -0.830. The molecule has 1 aliphatic carbocycles. The molecule has 2 rings (SSSR count). The fraction of sp³-hybridized carbons (Fsp3) is 0.714. The van der Waals surface area contributed by atoms with E-state index >= 15 is 0 Å². The van der Waals surface area contributed by atoms with Gasteiger partial charge in [0.25, 0.3) is 0 Å². The first-order chi connectivity index (χ1) is 9.61. The maximum Gasteiger partial charge on any atom is 0.191 e. The van der Waals surface area contributed by atoms with E-state index in [0.717, 1.165) is 30.7 Å². The number of rotatable bonds is 6. The molecule has 1 heterocycles. The molecule has 0 radical (unpaired) electrons. The van der Waals surface area contributed by atoms with Gasteiger partial charge in [-0.25, -0.2) is 0 Å². The van der Waals surface area contributed by atoms with Gasteiger partial charge in [0.05, 0.1) is 12.2 Å². The van der Waals surface area contributed by atoms with E-state index in [9.17, 15) is 0 Å². The highest BCUT2D eigenvalue weighted by Crippen LogP contribution is 2.34. The van der Waals surface area contributed by atoms with Gasteiger partial charge in [0, 0.05) is 32.9 Å². The number of aryl methyl sites for hydroxylation is 1. The molecule has 2 N–H and O–H groups in total. The molecule has 1 unspecified atom stereocenters. The van der Waals surface area contributed by atoms with Gasteiger partial charge in [0.2, 0.25) is 0 Å². The summed E-state index contributed by atoms with van der Waals surface area (Å²) < 4.78 is 1.87. The van der Waals surface area contributed by atoms with E-state index in [2.05, 4.69) is 39.7 Å². The Morgan fingerprint density at radius 1 is 1.48 bits per heavy atom. The second kappa shape index (κ2) is 8.57. The van der Waals surface area contributed by atoms with E-state index in [0.29, 0.717) is 6.04 Å². The highest BCUT2D eigenvalue weighted by atomic mass is 127. The third-order valence-corrected chi connectivity index (χ3v) is 3.89. The van der Waals surface area contributed by atoms with Crippen molar-refractivity contribution in [3.05, 3.63) is 18.0 Å². The molecule has 0 spiro atoms. The average molecular weight is 406 g/mol. The summed E-state index contributed by atoms with van der Waals surface area (Å²) in [6.07, 6.45) is 4.51. The summed E-state index contributed by atoms with van der Waals surface area (Å²) in [6, 6.07) is 2.60.